The van der Waals surface area contributed by atoms with Crippen LogP contribution < -0.4 is 10.1 Å². The normalized spacial score (nSPS) is 15.1. The van der Waals surface area contributed by atoms with Crippen molar-refractivity contribution in [1.82, 2.24) is 20.1 Å². The average molecular weight is 357 g/mol. The molecule has 8 heteroatoms. The minimum atomic E-state index is -0.0711. The highest BCUT2D eigenvalue weighted by Gasteiger charge is 2.25. The molecular weight excluding hydrogens is 334 g/mol. The molecule has 2 aromatic heterocycles. The van der Waals surface area contributed by atoms with Gasteiger partial charge < -0.3 is 24.3 Å². The third kappa shape index (κ3) is 4.14. The molecule has 3 heterocycles. The van der Waals surface area contributed by atoms with E-state index in [1.54, 1.807) is 31.2 Å². The highest BCUT2D eigenvalue weighted by atomic mass is 16.5. The van der Waals surface area contributed by atoms with Gasteiger partial charge in [0.25, 0.3) is 5.91 Å². The van der Waals surface area contributed by atoms with Gasteiger partial charge in [0.05, 0.1) is 25.6 Å². The average Bonchev–Trinajstić information content (AvgIpc) is 3.23. The maximum atomic E-state index is 12.3. The summed E-state index contributed by atoms with van der Waals surface area (Å²) >= 11 is 0. The Kier molecular flexibility index (Phi) is 5.73. The monoisotopic (exact) mass is 357 g/mol. The number of guanidine groups is 1. The molecule has 0 saturated carbocycles. The molecule has 1 N–H and O–H groups in total. The molecule has 8 nitrogen and oxygen atoms in total. The maximum absolute atomic E-state index is 12.3. The summed E-state index contributed by atoms with van der Waals surface area (Å²) in [6.07, 6.45) is 1.52. The van der Waals surface area contributed by atoms with E-state index in [4.69, 9.17) is 9.15 Å². The van der Waals surface area contributed by atoms with Crippen LogP contribution in [0.15, 0.2) is 46.0 Å². The number of aromatic nitrogens is 1. The quantitative estimate of drug-likeness (QED) is 0.654. The van der Waals surface area contributed by atoms with Crippen molar-refractivity contribution in [2.45, 2.75) is 6.54 Å². The number of aliphatic imine (C=N–C) groups is 1. The molecule has 0 unspecified atom stereocenters. The van der Waals surface area contributed by atoms with E-state index in [9.17, 15) is 4.79 Å². The lowest BCUT2D eigenvalue weighted by molar-refractivity contribution is 0.0657. The number of hydrogen-bond donors (Lipinski definition) is 1. The molecular formula is C18H23N5O3. The van der Waals surface area contributed by atoms with Gasteiger partial charge in [-0.2, -0.15) is 0 Å². The van der Waals surface area contributed by atoms with E-state index in [-0.39, 0.29) is 5.91 Å². The molecule has 0 bridgehead atoms. The van der Waals surface area contributed by atoms with Crippen LogP contribution in [-0.4, -0.2) is 67.0 Å². The Bertz CT molecular complexity index is 752. The Hall–Kier alpha value is -3.03. The summed E-state index contributed by atoms with van der Waals surface area (Å²) in [6, 6.07) is 9.07. The summed E-state index contributed by atoms with van der Waals surface area (Å²) in [5, 5.41) is 3.31. The zero-order valence-corrected chi connectivity index (χ0v) is 15.0. The number of nitrogens with zero attached hydrogens (tertiary/aromatic N) is 4. The lowest BCUT2D eigenvalue weighted by Crippen LogP contribution is -2.53. The second-order valence-corrected chi connectivity index (χ2v) is 5.83. The molecule has 0 radical (unpaired) electrons. The summed E-state index contributed by atoms with van der Waals surface area (Å²) in [5.41, 5.74) is 0.872. The Labute approximate surface area is 152 Å². The van der Waals surface area contributed by atoms with Gasteiger partial charge >= 0.3 is 0 Å². The molecule has 3 rings (SSSR count). The van der Waals surface area contributed by atoms with Crippen molar-refractivity contribution in [3.63, 3.8) is 0 Å². The second-order valence-electron chi connectivity index (χ2n) is 5.83. The molecule has 1 saturated heterocycles. The smallest absolute Gasteiger partial charge is 0.289 e. The van der Waals surface area contributed by atoms with E-state index in [1.165, 1.54) is 6.26 Å². The van der Waals surface area contributed by atoms with Gasteiger partial charge in [-0.25, -0.2) is 4.98 Å². The van der Waals surface area contributed by atoms with Crippen LogP contribution in [0.3, 0.4) is 0 Å². The zero-order chi connectivity index (χ0) is 18.4. The van der Waals surface area contributed by atoms with Crippen molar-refractivity contribution in [1.29, 1.82) is 0 Å². The summed E-state index contributed by atoms with van der Waals surface area (Å²) < 4.78 is 10.3. The number of pyridine rings is 1. The number of hydrogen-bond acceptors (Lipinski definition) is 5. The number of amides is 1. The molecule has 26 heavy (non-hydrogen) atoms. The number of nitrogens with one attached hydrogen (secondary N) is 1. The number of carbonyl (C=O) groups excluding carboxylic acids is 1. The Morgan fingerprint density at radius 1 is 1.23 bits per heavy atom. The van der Waals surface area contributed by atoms with Crippen LogP contribution in [0.25, 0.3) is 0 Å². The molecule has 1 amide bonds. The van der Waals surface area contributed by atoms with Crippen LogP contribution in [0, 0.1) is 0 Å². The Morgan fingerprint density at radius 2 is 2.00 bits per heavy atom. The fraction of sp³-hybridized carbons (Fsp3) is 0.389. The van der Waals surface area contributed by atoms with Crippen molar-refractivity contribution >= 4 is 11.9 Å². The molecule has 0 atom stereocenters. The van der Waals surface area contributed by atoms with E-state index in [1.807, 2.05) is 18.2 Å². The topological polar surface area (TPSA) is 83.2 Å². The maximum Gasteiger partial charge on any atom is 0.289 e. The van der Waals surface area contributed by atoms with Crippen LogP contribution in [0.4, 0.5) is 0 Å². The lowest BCUT2D eigenvalue weighted by atomic mass is 10.3. The molecule has 1 aliphatic heterocycles. The fourth-order valence-corrected chi connectivity index (χ4v) is 2.85. The van der Waals surface area contributed by atoms with E-state index < -0.39 is 0 Å². The van der Waals surface area contributed by atoms with Crippen molar-refractivity contribution in [3.05, 3.63) is 48.0 Å². The molecule has 138 valence electrons. The molecule has 0 aliphatic carbocycles. The van der Waals surface area contributed by atoms with Crippen LogP contribution in [0.1, 0.15) is 16.2 Å². The predicted molar refractivity (Wildman–Crippen MR) is 97.2 cm³/mol. The van der Waals surface area contributed by atoms with Crippen molar-refractivity contribution in [3.8, 4) is 5.88 Å². The third-order valence-electron chi connectivity index (χ3n) is 4.23. The van der Waals surface area contributed by atoms with Crippen LogP contribution in [0.2, 0.25) is 0 Å². The third-order valence-corrected chi connectivity index (χ3v) is 4.23. The van der Waals surface area contributed by atoms with Gasteiger partial charge in [0.15, 0.2) is 11.7 Å². The number of furan rings is 1. The van der Waals surface area contributed by atoms with Crippen molar-refractivity contribution in [2.75, 3.05) is 40.3 Å². The number of ether oxygens (including phenoxy) is 1. The van der Waals surface area contributed by atoms with Gasteiger partial charge in [0.1, 0.15) is 0 Å². The van der Waals surface area contributed by atoms with Crippen molar-refractivity contribution in [2.24, 2.45) is 4.99 Å². The van der Waals surface area contributed by atoms with Gasteiger partial charge in [-0.15, -0.1) is 0 Å². The molecule has 1 fully saturated rings. The number of methoxy groups -OCH3 is 1. The first-order chi connectivity index (χ1) is 12.7. The van der Waals surface area contributed by atoms with E-state index >= 15 is 0 Å². The molecule has 0 aromatic carbocycles. The van der Waals surface area contributed by atoms with E-state index in [0.29, 0.717) is 44.4 Å². The first kappa shape index (κ1) is 17.8. The van der Waals surface area contributed by atoms with Crippen LogP contribution in [0.5, 0.6) is 5.88 Å². The zero-order valence-electron chi connectivity index (χ0n) is 15.0. The highest BCUT2D eigenvalue weighted by molar-refractivity contribution is 5.91. The summed E-state index contributed by atoms with van der Waals surface area (Å²) in [5.74, 6) is 1.69. The van der Waals surface area contributed by atoms with E-state index in [2.05, 4.69) is 20.2 Å². The molecule has 1 aliphatic rings. The van der Waals surface area contributed by atoms with Gasteiger partial charge in [0, 0.05) is 39.3 Å². The van der Waals surface area contributed by atoms with Crippen molar-refractivity contribution < 1.29 is 13.9 Å². The van der Waals surface area contributed by atoms with Crippen LogP contribution >= 0.6 is 0 Å². The standard InChI is InChI=1S/C18H23N5O3/c1-19-18(20-13-14-5-3-7-16(21-14)25-2)23-10-8-22(9-11-23)17(24)15-6-4-12-26-15/h3-7,12H,8-11,13H2,1-2H3,(H,19,20). The highest BCUT2D eigenvalue weighted by Crippen LogP contribution is 2.10. The van der Waals surface area contributed by atoms with E-state index in [0.717, 1.165) is 11.7 Å². The Balaban J connectivity index is 1.53. The van der Waals surface area contributed by atoms with Gasteiger partial charge in [-0.05, 0) is 18.2 Å². The largest absolute Gasteiger partial charge is 0.481 e. The van der Waals surface area contributed by atoms with Gasteiger partial charge in [-0.1, -0.05) is 6.07 Å². The summed E-state index contributed by atoms with van der Waals surface area (Å²) in [4.78, 5) is 25.0. The SMILES string of the molecule is CN=C(NCc1cccc(OC)n1)N1CCN(C(=O)c2ccco2)CC1. The minimum absolute atomic E-state index is 0.0711. The number of rotatable bonds is 4. The molecule has 0 spiro atoms. The van der Waals surface area contributed by atoms with Crippen LogP contribution in [-0.2, 0) is 6.54 Å². The number of carbonyl (C=O) groups is 1. The van der Waals surface area contributed by atoms with Gasteiger partial charge in [0.2, 0.25) is 5.88 Å². The second kappa shape index (κ2) is 8.37. The summed E-state index contributed by atoms with van der Waals surface area (Å²) in [7, 11) is 3.35. The fourth-order valence-electron chi connectivity index (χ4n) is 2.85. The molecule has 2 aromatic rings. The summed E-state index contributed by atoms with van der Waals surface area (Å²) in [6.45, 7) is 3.21. The first-order valence-corrected chi connectivity index (χ1v) is 8.49. The Morgan fingerprint density at radius 3 is 2.65 bits per heavy atom. The first-order valence-electron chi connectivity index (χ1n) is 8.49. The van der Waals surface area contributed by atoms with Gasteiger partial charge in [-0.3, -0.25) is 9.79 Å². The predicted octanol–water partition coefficient (Wildman–Crippen LogP) is 1.22. The number of piperazine rings is 1. The minimum Gasteiger partial charge on any atom is -0.481 e. The lowest BCUT2D eigenvalue weighted by Gasteiger charge is -2.36.